The molecule has 0 spiro atoms. The van der Waals surface area contributed by atoms with Crippen LogP contribution in [-0.4, -0.2) is 9.97 Å². The molecular weight excluding hydrogens is 227 g/mol. The predicted molar refractivity (Wildman–Crippen MR) is 56.8 cm³/mol. The summed E-state index contributed by atoms with van der Waals surface area (Å²) in [7, 11) is 0. The second-order valence-electron chi connectivity index (χ2n) is 2.55. The number of aryl methyl sites for hydroxylation is 1. The fraction of sp³-hybridized carbons (Fsp3) is 0.250. The van der Waals surface area contributed by atoms with Gasteiger partial charge in [-0.2, -0.15) is 0 Å². The first kappa shape index (κ1) is 9.19. The highest BCUT2D eigenvalue weighted by Crippen LogP contribution is 2.31. The van der Waals surface area contributed by atoms with Gasteiger partial charge in [-0.25, -0.2) is 9.97 Å². The zero-order chi connectivity index (χ0) is 9.42. The normalized spacial score (nSPS) is 11.0. The Kier molecular flexibility index (Phi) is 2.41. The van der Waals surface area contributed by atoms with Crippen LogP contribution in [0.4, 0.5) is 0 Å². The highest BCUT2D eigenvalue weighted by molar-refractivity contribution is 7.22. The van der Waals surface area contributed by atoms with E-state index in [-0.39, 0.29) is 0 Å². The number of hydrogen-bond donors (Lipinski definition) is 0. The minimum atomic E-state index is 0.491. The van der Waals surface area contributed by atoms with Gasteiger partial charge in [0.25, 0.3) is 0 Å². The van der Waals surface area contributed by atoms with Gasteiger partial charge in [-0.3, -0.25) is 0 Å². The molecule has 0 aliphatic heterocycles. The smallest absolute Gasteiger partial charge is 0.141 e. The lowest BCUT2D eigenvalue weighted by atomic mass is 10.4. The Morgan fingerprint density at radius 1 is 1.38 bits per heavy atom. The molecule has 2 aromatic rings. The molecule has 0 unspecified atom stereocenters. The Hall–Kier alpha value is -0.380. The quantitative estimate of drug-likeness (QED) is 0.703. The number of nitrogens with zero attached hydrogens (tertiary/aromatic N) is 2. The number of aromatic nitrogens is 2. The number of rotatable bonds is 1. The van der Waals surface area contributed by atoms with Gasteiger partial charge in [0.15, 0.2) is 0 Å². The van der Waals surface area contributed by atoms with E-state index >= 15 is 0 Å². The van der Waals surface area contributed by atoms with Gasteiger partial charge >= 0.3 is 0 Å². The van der Waals surface area contributed by atoms with Gasteiger partial charge in [0.2, 0.25) is 0 Å². The van der Waals surface area contributed by atoms with E-state index in [0.29, 0.717) is 9.49 Å². The Labute approximate surface area is 89.5 Å². The van der Waals surface area contributed by atoms with Crippen LogP contribution in [0.3, 0.4) is 0 Å². The second kappa shape index (κ2) is 3.40. The fourth-order valence-corrected chi connectivity index (χ4v) is 2.46. The first-order chi connectivity index (χ1) is 6.20. The van der Waals surface area contributed by atoms with E-state index in [2.05, 4.69) is 9.97 Å². The predicted octanol–water partition coefficient (Wildman–Crippen LogP) is 3.56. The molecule has 0 bridgehead atoms. The Morgan fingerprint density at radius 2 is 2.15 bits per heavy atom. The summed E-state index contributed by atoms with van der Waals surface area (Å²) >= 11 is 13.2. The third kappa shape index (κ3) is 1.64. The zero-order valence-corrected chi connectivity index (χ0v) is 9.17. The van der Waals surface area contributed by atoms with Crippen LogP contribution in [0.25, 0.3) is 10.2 Å². The Balaban J connectivity index is 2.75. The van der Waals surface area contributed by atoms with Gasteiger partial charge in [-0.05, 0) is 6.07 Å². The van der Waals surface area contributed by atoms with Crippen molar-refractivity contribution in [1.29, 1.82) is 0 Å². The Morgan fingerprint density at radius 3 is 2.85 bits per heavy atom. The van der Waals surface area contributed by atoms with Crippen molar-refractivity contribution in [2.45, 2.75) is 13.3 Å². The molecule has 2 nitrogen and oxygen atoms in total. The van der Waals surface area contributed by atoms with Gasteiger partial charge in [0.1, 0.15) is 15.8 Å². The van der Waals surface area contributed by atoms with E-state index in [1.807, 2.05) is 6.92 Å². The van der Waals surface area contributed by atoms with Crippen molar-refractivity contribution in [3.8, 4) is 0 Å². The summed E-state index contributed by atoms with van der Waals surface area (Å²) in [5, 5.41) is 1.33. The number of halogens is 2. The van der Waals surface area contributed by atoms with Gasteiger partial charge in [0.05, 0.1) is 9.72 Å². The van der Waals surface area contributed by atoms with E-state index in [9.17, 15) is 0 Å². The van der Waals surface area contributed by atoms with Crippen LogP contribution in [-0.2, 0) is 6.42 Å². The molecule has 0 aliphatic rings. The first-order valence-corrected chi connectivity index (χ1v) is 5.39. The molecular formula is C8H6Cl2N2S. The topological polar surface area (TPSA) is 25.8 Å². The van der Waals surface area contributed by atoms with Crippen LogP contribution < -0.4 is 0 Å². The summed E-state index contributed by atoms with van der Waals surface area (Å²) in [5.41, 5.74) is 0. The minimum Gasteiger partial charge on any atom is -0.222 e. The lowest BCUT2D eigenvalue weighted by molar-refractivity contribution is 0.965. The SMILES string of the molecule is CCc1nc(Cl)c2cc(Cl)sc2n1. The van der Waals surface area contributed by atoms with E-state index < -0.39 is 0 Å². The fourth-order valence-electron chi connectivity index (χ4n) is 1.06. The van der Waals surface area contributed by atoms with Gasteiger partial charge in [-0.15, -0.1) is 11.3 Å². The van der Waals surface area contributed by atoms with Crippen LogP contribution in [0, 0.1) is 0 Å². The molecule has 0 saturated heterocycles. The average Bonchev–Trinajstić information content (AvgIpc) is 2.46. The van der Waals surface area contributed by atoms with Gasteiger partial charge in [0, 0.05) is 6.42 Å². The molecule has 5 heteroatoms. The second-order valence-corrected chi connectivity index (χ2v) is 4.57. The largest absolute Gasteiger partial charge is 0.222 e. The summed E-state index contributed by atoms with van der Waals surface area (Å²) in [6.07, 6.45) is 0.783. The monoisotopic (exact) mass is 232 g/mol. The standard InChI is InChI=1S/C8H6Cl2N2S/c1-2-6-11-7(10)4-3-5(9)13-8(4)12-6/h3H,2H2,1H3. The third-order valence-electron chi connectivity index (χ3n) is 1.68. The molecule has 0 amide bonds. The van der Waals surface area contributed by atoms with E-state index in [1.165, 1.54) is 11.3 Å². The highest BCUT2D eigenvalue weighted by atomic mass is 35.5. The minimum absolute atomic E-state index is 0.491. The molecule has 2 heterocycles. The van der Waals surface area contributed by atoms with E-state index in [0.717, 1.165) is 22.5 Å². The summed E-state index contributed by atoms with van der Waals surface area (Å²) in [5.74, 6) is 0.760. The van der Waals surface area contributed by atoms with E-state index in [1.54, 1.807) is 6.07 Å². The lowest BCUT2D eigenvalue weighted by Crippen LogP contribution is -1.91. The van der Waals surface area contributed by atoms with Crippen LogP contribution in [0.1, 0.15) is 12.7 Å². The molecule has 13 heavy (non-hydrogen) atoms. The number of thiophene rings is 1. The first-order valence-electron chi connectivity index (χ1n) is 3.82. The molecule has 0 atom stereocenters. The van der Waals surface area contributed by atoms with Crippen molar-refractivity contribution in [2.75, 3.05) is 0 Å². The van der Waals surface area contributed by atoms with Crippen LogP contribution in [0.5, 0.6) is 0 Å². The molecule has 0 saturated carbocycles. The molecule has 2 aromatic heterocycles. The summed E-state index contributed by atoms with van der Waals surface area (Å²) < 4.78 is 0.694. The van der Waals surface area contributed by atoms with Crippen molar-refractivity contribution < 1.29 is 0 Å². The van der Waals surface area contributed by atoms with E-state index in [4.69, 9.17) is 23.2 Å². The maximum absolute atomic E-state index is 5.95. The van der Waals surface area contributed by atoms with Crippen molar-refractivity contribution in [2.24, 2.45) is 0 Å². The van der Waals surface area contributed by atoms with Crippen molar-refractivity contribution in [3.05, 3.63) is 21.4 Å². The maximum Gasteiger partial charge on any atom is 0.141 e. The molecule has 0 N–H and O–H groups in total. The van der Waals surface area contributed by atoms with Crippen LogP contribution in [0.15, 0.2) is 6.07 Å². The average molecular weight is 233 g/mol. The molecule has 0 radical (unpaired) electrons. The van der Waals surface area contributed by atoms with Crippen molar-refractivity contribution in [1.82, 2.24) is 9.97 Å². The number of hydrogen-bond acceptors (Lipinski definition) is 3. The zero-order valence-electron chi connectivity index (χ0n) is 6.84. The van der Waals surface area contributed by atoms with Crippen molar-refractivity contribution >= 4 is 44.8 Å². The molecule has 0 aliphatic carbocycles. The maximum atomic E-state index is 5.95. The van der Waals surface area contributed by atoms with Gasteiger partial charge in [-0.1, -0.05) is 30.1 Å². The van der Waals surface area contributed by atoms with Crippen LogP contribution >= 0.6 is 34.5 Å². The third-order valence-corrected chi connectivity index (χ3v) is 3.12. The summed E-state index contributed by atoms with van der Waals surface area (Å²) in [4.78, 5) is 9.31. The lowest BCUT2D eigenvalue weighted by Gasteiger charge is -1.96. The van der Waals surface area contributed by atoms with Gasteiger partial charge < -0.3 is 0 Å². The molecule has 68 valence electrons. The molecule has 2 rings (SSSR count). The van der Waals surface area contributed by atoms with Crippen molar-refractivity contribution in [3.63, 3.8) is 0 Å². The Bertz CT molecular complexity index is 453. The van der Waals surface area contributed by atoms with Crippen LogP contribution in [0.2, 0.25) is 9.49 Å². The number of fused-ring (bicyclic) bond motifs is 1. The molecule has 0 aromatic carbocycles. The summed E-state index contributed by atoms with van der Waals surface area (Å²) in [6.45, 7) is 1.99. The highest BCUT2D eigenvalue weighted by Gasteiger charge is 2.08. The molecule has 0 fully saturated rings. The summed E-state index contributed by atoms with van der Waals surface area (Å²) in [6, 6.07) is 1.79.